The Morgan fingerprint density at radius 3 is 2.74 bits per heavy atom. The van der Waals surface area contributed by atoms with Gasteiger partial charge in [0.2, 0.25) is 0 Å². The Bertz CT molecular complexity index is 615. The number of nitrogens with one attached hydrogen (secondary N) is 1. The highest BCUT2D eigenvalue weighted by Gasteiger charge is 2.19. The number of anilines is 1. The monoisotopic (exact) mass is 258 g/mol. The molecule has 4 heteroatoms. The molecule has 0 aliphatic carbocycles. The Balaban J connectivity index is 2.51. The lowest BCUT2D eigenvalue weighted by Gasteiger charge is -2.04. The minimum absolute atomic E-state index is 0.321. The molecule has 0 saturated heterocycles. The van der Waals surface area contributed by atoms with Crippen LogP contribution in [0.5, 0.6) is 0 Å². The van der Waals surface area contributed by atoms with Crippen molar-refractivity contribution in [3.05, 3.63) is 41.2 Å². The molecule has 0 aliphatic rings. The number of rotatable bonds is 3. The van der Waals surface area contributed by atoms with Crippen LogP contribution in [0, 0.1) is 13.8 Å². The Morgan fingerprint density at radius 2 is 2.11 bits per heavy atom. The number of H-pyrrole nitrogens is 1. The standard InChI is InChI=1S/C15H18N2O2/c1-4-19-15(18)14-9(2)13(10(3)17-14)11-6-5-7-12(16)8-11/h5-8,17H,4,16H2,1-3H3. The van der Waals surface area contributed by atoms with E-state index in [9.17, 15) is 4.79 Å². The van der Waals surface area contributed by atoms with Gasteiger partial charge in [-0.05, 0) is 44.0 Å². The van der Waals surface area contributed by atoms with E-state index in [1.54, 1.807) is 6.92 Å². The molecule has 0 bridgehead atoms. The van der Waals surface area contributed by atoms with Gasteiger partial charge in [-0.25, -0.2) is 4.79 Å². The fraction of sp³-hybridized carbons (Fsp3) is 0.267. The lowest BCUT2D eigenvalue weighted by molar-refractivity contribution is 0.0519. The lowest BCUT2D eigenvalue weighted by Crippen LogP contribution is -2.06. The molecule has 100 valence electrons. The van der Waals surface area contributed by atoms with Crippen molar-refractivity contribution in [2.75, 3.05) is 12.3 Å². The molecule has 0 spiro atoms. The summed E-state index contributed by atoms with van der Waals surface area (Å²) in [6, 6.07) is 7.63. The van der Waals surface area contributed by atoms with E-state index >= 15 is 0 Å². The summed E-state index contributed by atoms with van der Waals surface area (Å²) in [4.78, 5) is 15.0. The number of nitrogens with two attached hydrogens (primary N) is 1. The maximum Gasteiger partial charge on any atom is 0.355 e. The number of hydrogen-bond acceptors (Lipinski definition) is 3. The molecule has 1 aromatic carbocycles. The molecule has 0 saturated carbocycles. The third kappa shape index (κ3) is 2.47. The molecule has 1 heterocycles. The average Bonchev–Trinajstić information content (AvgIpc) is 2.65. The zero-order valence-electron chi connectivity index (χ0n) is 11.4. The first-order valence-corrected chi connectivity index (χ1v) is 6.26. The Hall–Kier alpha value is -2.23. The number of aromatic amines is 1. The number of hydrogen-bond donors (Lipinski definition) is 2. The summed E-state index contributed by atoms with van der Waals surface area (Å²) in [5, 5.41) is 0. The Kier molecular flexibility index (Phi) is 3.60. The van der Waals surface area contributed by atoms with Gasteiger partial charge >= 0.3 is 5.97 Å². The van der Waals surface area contributed by atoms with E-state index in [1.807, 2.05) is 38.1 Å². The van der Waals surface area contributed by atoms with Gasteiger partial charge in [0.1, 0.15) is 5.69 Å². The second-order valence-electron chi connectivity index (χ2n) is 4.47. The van der Waals surface area contributed by atoms with E-state index in [0.717, 1.165) is 22.4 Å². The molecular weight excluding hydrogens is 240 g/mol. The number of carbonyl (C=O) groups excluding carboxylic acids is 1. The smallest absolute Gasteiger partial charge is 0.355 e. The van der Waals surface area contributed by atoms with Crippen LogP contribution in [0.25, 0.3) is 11.1 Å². The summed E-state index contributed by atoms with van der Waals surface area (Å²) in [6.07, 6.45) is 0. The predicted molar refractivity (Wildman–Crippen MR) is 76.1 cm³/mol. The molecule has 0 atom stereocenters. The quantitative estimate of drug-likeness (QED) is 0.656. The van der Waals surface area contributed by atoms with Crippen LogP contribution in [0.1, 0.15) is 28.7 Å². The highest BCUT2D eigenvalue weighted by Crippen LogP contribution is 2.30. The van der Waals surface area contributed by atoms with E-state index < -0.39 is 0 Å². The van der Waals surface area contributed by atoms with Crippen LogP contribution in [0.15, 0.2) is 24.3 Å². The minimum Gasteiger partial charge on any atom is -0.461 e. The van der Waals surface area contributed by atoms with Gasteiger partial charge in [0, 0.05) is 16.9 Å². The van der Waals surface area contributed by atoms with E-state index in [1.165, 1.54) is 0 Å². The predicted octanol–water partition coefficient (Wildman–Crippen LogP) is 3.06. The van der Waals surface area contributed by atoms with Crippen LogP contribution in [0.4, 0.5) is 5.69 Å². The zero-order valence-corrected chi connectivity index (χ0v) is 11.4. The van der Waals surface area contributed by atoms with Crippen LogP contribution in [-0.4, -0.2) is 17.6 Å². The van der Waals surface area contributed by atoms with Crippen LogP contribution in [0.3, 0.4) is 0 Å². The van der Waals surface area contributed by atoms with Crippen molar-refractivity contribution < 1.29 is 9.53 Å². The third-order valence-electron chi connectivity index (χ3n) is 3.09. The molecule has 0 radical (unpaired) electrons. The second kappa shape index (κ2) is 5.18. The van der Waals surface area contributed by atoms with Crippen LogP contribution < -0.4 is 5.73 Å². The number of aromatic nitrogens is 1. The maximum absolute atomic E-state index is 11.9. The summed E-state index contributed by atoms with van der Waals surface area (Å²) in [6.45, 7) is 6.01. The summed E-state index contributed by atoms with van der Waals surface area (Å²) in [5.74, 6) is -0.321. The van der Waals surface area contributed by atoms with Gasteiger partial charge in [0.25, 0.3) is 0 Å². The molecule has 0 aliphatic heterocycles. The average molecular weight is 258 g/mol. The van der Waals surface area contributed by atoms with Gasteiger partial charge in [-0.15, -0.1) is 0 Å². The second-order valence-corrected chi connectivity index (χ2v) is 4.47. The summed E-state index contributed by atoms with van der Waals surface area (Å²) in [7, 11) is 0. The first-order chi connectivity index (χ1) is 9.04. The van der Waals surface area contributed by atoms with Gasteiger partial charge in [0.15, 0.2) is 0 Å². The van der Waals surface area contributed by atoms with Crippen molar-refractivity contribution in [3.8, 4) is 11.1 Å². The molecule has 1 aromatic heterocycles. The van der Waals surface area contributed by atoms with Gasteiger partial charge < -0.3 is 15.5 Å². The summed E-state index contributed by atoms with van der Waals surface area (Å²) >= 11 is 0. The van der Waals surface area contributed by atoms with Crippen LogP contribution >= 0.6 is 0 Å². The minimum atomic E-state index is -0.321. The largest absolute Gasteiger partial charge is 0.461 e. The molecule has 4 nitrogen and oxygen atoms in total. The molecule has 3 N–H and O–H groups in total. The molecule has 0 fully saturated rings. The van der Waals surface area contributed by atoms with Crippen molar-refractivity contribution in [2.45, 2.75) is 20.8 Å². The maximum atomic E-state index is 11.9. The Labute approximate surface area is 112 Å². The van der Waals surface area contributed by atoms with Crippen molar-refractivity contribution in [1.82, 2.24) is 4.98 Å². The molecule has 2 aromatic rings. The fourth-order valence-corrected chi connectivity index (χ4v) is 2.28. The molecule has 0 amide bonds. The van der Waals surface area contributed by atoms with Crippen molar-refractivity contribution in [2.24, 2.45) is 0 Å². The molecule has 2 rings (SSSR count). The molecule has 19 heavy (non-hydrogen) atoms. The zero-order chi connectivity index (χ0) is 14.0. The van der Waals surface area contributed by atoms with Gasteiger partial charge in [0.05, 0.1) is 6.61 Å². The highest BCUT2D eigenvalue weighted by atomic mass is 16.5. The van der Waals surface area contributed by atoms with Crippen molar-refractivity contribution >= 4 is 11.7 Å². The van der Waals surface area contributed by atoms with E-state index in [4.69, 9.17) is 10.5 Å². The fourth-order valence-electron chi connectivity index (χ4n) is 2.28. The van der Waals surface area contributed by atoms with Crippen LogP contribution in [-0.2, 0) is 4.74 Å². The first kappa shape index (κ1) is 13.2. The number of esters is 1. The van der Waals surface area contributed by atoms with E-state index in [-0.39, 0.29) is 5.97 Å². The van der Waals surface area contributed by atoms with E-state index in [2.05, 4.69) is 4.98 Å². The number of carbonyl (C=O) groups is 1. The topological polar surface area (TPSA) is 68.1 Å². The highest BCUT2D eigenvalue weighted by molar-refractivity contribution is 5.93. The normalized spacial score (nSPS) is 10.5. The van der Waals surface area contributed by atoms with Crippen molar-refractivity contribution in [3.63, 3.8) is 0 Å². The van der Waals surface area contributed by atoms with Gasteiger partial charge in [-0.3, -0.25) is 0 Å². The summed E-state index contributed by atoms with van der Waals surface area (Å²) < 4.78 is 5.04. The van der Waals surface area contributed by atoms with Crippen molar-refractivity contribution in [1.29, 1.82) is 0 Å². The summed E-state index contributed by atoms with van der Waals surface area (Å²) in [5.41, 5.74) is 10.9. The van der Waals surface area contributed by atoms with E-state index in [0.29, 0.717) is 18.0 Å². The Morgan fingerprint density at radius 1 is 1.37 bits per heavy atom. The number of nitrogen functional groups attached to an aromatic ring is 1. The number of aryl methyl sites for hydroxylation is 1. The first-order valence-electron chi connectivity index (χ1n) is 6.26. The number of ether oxygens (including phenoxy) is 1. The molecule has 0 unspecified atom stereocenters. The number of benzene rings is 1. The third-order valence-corrected chi connectivity index (χ3v) is 3.09. The lowest BCUT2D eigenvalue weighted by atomic mass is 10.0. The van der Waals surface area contributed by atoms with Gasteiger partial charge in [-0.1, -0.05) is 12.1 Å². The van der Waals surface area contributed by atoms with Crippen LogP contribution in [0.2, 0.25) is 0 Å². The van der Waals surface area contributed by atoms with Gasteiger partial charge in [-0.2, -0.15) is 0 Å². The molecular formula is C15H18N2O2. The SMILES string of the molecule is CCOC(=O)c1[nH]c(C)c(-c2cccc(N)c2)c1C.